The van der Waals surface area contributed by atoms with Gasteiger partial charge in [0.05, 0.1) is 23.8 Å². The molecule has 0 saturated carbocycles. The number of hydrogen-bond donors (Lipinski definition) is 2. The molecule has 2 aromatic rings. The average molecular weight is 289 g/mol. The molecule has 0 aliphatic heterocycles. The number of para-hydroxylation sites is 1. The second-order valence-corrected chi connectivity index (χ2v) is 5.03. The molecule has 0 bridgehead atoms. The van der Waals surface area contributed by atoms with Crippen LogP contribution >= 0.6 is 0 Å². The van der Waals surface area contributed by atoms with Gasteiger partial charge in [-0.15, -0.1) is 0 Å². The molecule has 0 unspecified atom stereocenters. The SMILES string of the molecule is CCOC(=O)c1c[nH+]c2c(C)cccc2c1NC[C@H](C)O. The molecule has 0 fully saturated rings. The number of benzene rings is 1. The van der Waals surface area contributed by atoms with Gasteiger partial charge < -0.3 is 15.2 Å². The maximum Gasteiger partial charge on any atom is 0.346 e. The van der Waals surface area contributed by atoms with Gasteiger partial charge in [-0.3, -0.25) is 0 Å². The van der Waals surface area contributed by atoms with E-state index in [4.69, 9.17) is 4.74 Å². The molecular weight excluding hydrogens is 268 g/mol. The van der Waals surface area contributed by atoms with Crippen LogP contribution < -0.4 is 10.3 Å². The molecule has 0 amide bonds. The fraction of sp³-hybridized carbons (Fsp3) is 0.375. The quantitative estimate of drug-likeness (QED) is 0.825. The predicted molar refractivity (Wildman–Crippen MR) is 81.4 cm³/mol. The van der Waals surface area contributed by atoms with Crippen molar-refractivity contribution in [3.8, 4) is 0 Å². The number of aliphatic hydroxyl groups is 1. The number of nitrogens with one attached hydrogen (secondary N) is 2. The van der Waals surface area contributed by atoms with E-state index in [0.29, 0.717) is 24.4 Å². The van der Waals surface area contributed by atoms with E-state index in [1.807, 2.05) is 25.1 Å². The number of ether oxygens (including phenoxy) is 1. The van der Waals surface area contributed by atoms with Gasteiger partial charge in [-0.2, -0.15) is 0 Å². The Labute approximate surface area is 124 Å². The lowest BCUT2D eigenvalue weighted by molar-refractivity contribution is -0.345. The number of aliphatic hydroxyl groups excluding tert-OH is 1. The fourth-order valence-electron chi connectivity index (χ4n) is 2.24. The van der Waals surface area contributed by atoms with Crippen LogP contribution in [0.2, 0.25) is 0 Å². The Morgan fingerprint density at radius 1 is 1.48 bits per heavy atom. The number of anilines is 1. The highest BCUT2D eigenvalue weighted by molar-refractivity contribution is 6.04. The molecule has 1 atom stereocenters. The van der Waals surface area contributed by atoms with Crippen LogP contribution in [0, 0.1) is 6.92 Å². The van der Waals surface area contributed by atoms with E-state index in [9.17, 15) is 9.90 Å². The van der Waals surface area contributed by atoms with E-state index >= 15 is 0 Å². The van der Waals surface area contributed by atoms with E-state index in [-0.39, 0.29) is 5.97 Å². The summed E-state index contributed by atoms with van der Waals surface area (Å²) in [6.45, 7) is 6.15. The summed E-state index contributed by atoms with van der Waals surface area (Å²) in [6, 6.07) is 5.88. The minimum absolute atomic E-state index is 0.320. The number of pyridine rings is 1. The number of H-pyrrole nitrogens is 1. The van der Waals surface area contributed by atoms with E-state index in [1.165, 1.54) is 0 Å². The first-order valence-corrected chi connectivity index (χ1v) is 7.07. The number of carbonyl (C=O) groups is 1. The summed E-state index contributed by atoms with van der Waals surface area (Å²) in [4.78, 5) is 15.2. The number of aryl methyl sites for hydroxylation is 1. The number of esters is 1. The summed E-state index contributed by atoms with van der Waals surface area (Å²) in [5, 5.41) is 13.5. The highest BCUT2D eigenvalue weighted by atomic mass is 16.5. The Balaban J connectivity index is 2.56. The van der Waals surface area contributed by atoms with Gasteiger partial charge in [0.2, 0.25) is 5.52 Å². The van der Waals surface area contributed by atoms with Crippen LogP contribution in [0.5, 0.6) is 0 Å². The number of fused-ring (bicyclic) bond motifs is 1. The second kappa shape index (κ2) is 6.54. The van der Waals surface area contributed by atoms with Crippen molar-refractivity contribution in [1.29, 1.82) is 0 Å². The summed E-state index contributed by atoms with van der Waals surface area (Å²) in [5.74, 6) is -0.384. The standard InChI is InChI=1S/C16H20N2O3/c1-4-21-16(20)13-9-18-14-10(2)6-5-7-12(14)15(13)17-8-11(3)19/h5-7,9,11,19H,4,8H2,1-3H3,(H,17,18)/p+1/t11-/m0/s1. The predicted octanol–water partition coefficient (Wildman–Crippen LogP) is 1.93. The molecule has 2 rings (SSSR count). The number of aromatic nitrogens is 1. The molecule has 0 aliphatic carbocycles. The number of rotatable bonds is 5. The normalized spacial score (nSPS) is 12.2. The molecule has 0 saturated heterocycles. The lowest BCUT2D eigenvalue weighted by Crippen LogP contribution is -2.21. The van der Waals surface area contributed by atoms with E-state index < -0.39 is 6.10 Å². The molecule has 1 aromatic heterocycles. The van der Waals surface area contributed by atoms with Crippen LogP contribution in [0.25, 0.3) is 10.9 Å². The molecule has 1 aromatic carbocycles. The maximum atomic E-state index is 12.1. The van der Waals surface area contributed by atoms with Crippen molar-refractivity contribution in [3.05, 3.63) is 35.5 Å². The number of aromatic amines is 1. The van der Waals surface area contributed by atoms with Crippen molar-refractivity contribution in [2.75, 3.05) is 18.5 Å². The van der Waals surface area contributed by atoms with Crippen molar-refractivity contribution >= 4 is 22.6 Å². The molecule has 112 valence electrons. The molecule has 21 heavy (non-hydrogen) atoms. The highest BCUT2D eigenvalue weighted by Crippen LogP contribution is 2.26. The Morgan fingerprint density at radius 2 is 2.24 bits per heavy atom. The second-order valence-electron chi connectivity index (χ2n) is 5.03. The van der Waals surface area contributed by atoms with Crippen molar-refractivity contribution < 1.29 is 19.6 Å². The average Bonchev–Trinajstić information content (AvgIpc) is 2.45. The van der Waals surface area contributed by atoms with Crippen LogP contribution in [-0.4, -0.2) is 30.3 Å². The van der Waals surface area contributed by atoms with Gasteiger partial charge in [0.25, 0.3) is 0 Å². The number of carbonyl (C=O) groups excluding carboxylic acids is 1. The first-order chi connectivity index (χ1) is 10.0. The Morgan fingerprint density at radius 3 is 2.90 bits per heavy atom. The van der Waals surface area contributed by atoms with Crippen LogP contribution in [0.15, 0.2) is 24.4 Å². The summed E-state index contributed by atoms with van der Waals surface area (Å²) in [7, 11) is 0. The molecule has 1 heterocycles. The van der Waals surface area contributed by atoms with Gasteiger partial charge in [0.15, 0.2) is 6.20 Å². The zero-order valence-corrected chi connectivity index (χ0v) is 12.6. The largest absolute Gasteiger partial charge is 0.462 e. The lowest BCUT2D eigenvalue weighted by Gasteiger charge is -2.13. The van der Waals surface area contributed by atoms with Crippen molar-refractivity contribution in [1.82, 2.24) is 0 Å². The molecule has 5 heteroatoms. The molecule has 5 nitrogen and oxygen atoms in total. The van der Waals surface area contributed by atoms with Gasteiger partial charge in [-0.05, 0) is 26.8 Å². The zero-order chi connectivity index (χ0) is 15.4. The monoisotopic (exact) mass is 289 g/mol. The smallest absolute Gasteiger partial charge is 0.346 e. The van der Waals surface area contributed by atoms with Gasteiger partial charge in [0, 0.05) is 12.1 Å². The summed E-state index contributed by atoms with van der Waals surface area (Å²) in [6.07, 6.45) is 1.14. The van der Waals surface area contributed by atoms with Crippen LogP contribution in [0.1, 0.15) is 29.8 Å². The molecule has 3 N–H and O–H groups in total. The van der Waals surface area contributed by atoms with Crippen LogP contribution in [0.4, 0.5) is 5.69 Å². The van der Waals surface area contributed by atoms with E-state index in [1.54, 1.807) is 20.0 Å². The maximum absolute atomic E-state index is 12.1. The Kier molecular flexibility index (Phi) is 4.75. The first kappa shape index (κ1) is 15.3. The van der Waals surface area contributed by atoms with E-state index in [2.05, 4.69) is 10.3 Å². The highest BCUT2D eigenvalue weighted by Gasteiger charge is 2.21. The van der Waals surface area contributed by atoms with E-state index in [0.717, 1.165) is 16.5 Å². The third kappa shape index (κ3) is 3.31. The zero-order valence-electron chi connectivity index (χ0n) is 12.6. The minimum atomic E-state index is -0.510. The summed E-state index contributed by atoms with van der Waals surface area (Å²) >= 11 is 0. The summed E-state index contributed by atoms with van der Waals surface area (Å²) < 4.78 is 5.09. The Bertz CT molecular complexity index is 653. The van der Waals surface area contributed by atoms with Crippen molar-refractivity contribution in [2.24, 2.45) is 0 Å². The van der Waals surface area contributed by atoms with Gasteiger partial charge in [0.1, 0.15) is 5.56 Å². The van der Waals surface area contributed by atoms with Crippen molar-refractivity contribution in [2.45, 2.75) is 26.9 Å². The van der Waals surface area contributed by atoms with Gasteiger partial charge in [-0.1, -0.05) is 12.1 Å². The van der Waals surface area contributed by atoms with Crippen LogP contribution in [0.3, 0.4) is 0 Å². The van der Waals surface area contributed by atoms with Gasteiger partial charge >= 0.3 is 5.97 Å². The third-order valence-electron chi connectivity index (χ3n) is 3.24. The number of hydrogen-bond acceptors (Lipinski definition) is 4. The first-order valence-electron chi connectivity index (χ1n) is 7.07. The van der Waals surface area contributed by atoms with Crippen LogP contribution in [-0.2, 0) is 4.74 Å². The Hall–Kier alpha value is -2.14. The lowest BCUT2D eigenvalue weighted by atomic mass is 10.1. The van der Waals surface area contributed by atoms with Crippen molar-refractivity contribution in [3.63, 3.8) is 0 Å². The third-order valence-corrected chi connectivity index (χ3v) is 3.24. The summed E-state index contributed by atoms with van der Waals surface area (Å²) in [5.41, 5.74) is 3.17. The fourth-order valence-corrected chi connectivity index (χ4v) is 2.24. The minimum Gasteiger partial charge on any atom is -0.462 e. The molecule has 0 spiro atoms. The topological polar surface area (TPSA) is 72.7 Å². The molecule has 0 radical (unpaired) electrons. The molecular formula is C16H21N2O3+. The molecule has 0 aliphatic rings. The van der Waals surface area contributed by atoms with Gasteiger partial charge in [-0.25, -0.2) is 9.78 Å².